The van der Waals surface area contributed by atoms with Crippen molar-refractivity contribution in [3.05, 3.63) is 32.8 Å². The summed E-state index contributed by atoms with van der Waals surface area (Å²) in [5, 5.41) is 11.0. The molecule has 0 saturated carbocycles. The van der Waals surface area contributed by atoms with Crippen molar-refractivity contribution in [2.45, 2.75) is 31.9 Å². The van der Waals surface area contributed by atoms with Crippen molar-refractivity contribution in [1.29, 1.82) is 0 Å². The fourth-order valence-electron chi connectivity index (χ4n) is 1.50. The van der Waals surface area contributed by atoms with Gasteiger partial charge in [0, 0.05) is 5.02 Å². The second-order valence-electron chi connectivity index (χ2n) is 3.67. The van der Waals surface area contributed by atoms with E-state index in [4.69, 9.17) is 40.5 Å². The van der Waals surface area contributed by atoms with Gasteiger partial charge in [-0.1, -0.05) is 48.1 Å². The Morgan fingerprint density at radius 3 is 2.50 bits per heavy atom. The van der Waals surface area contributed by atoms with Crippen molar-refractivity contribution in [3.63, 3.8) is 0 Å². The number of halogens is 3. The molecule has 16 heavy (non-hydrogen) atoms. The van der Waals surface area contributed by atoms with Crippen molar-refractivity contribution in [3.8, 4) is 0 Å². The molecule has 0 bridgehead atoms. The first kappa shape index (κ1) is 14.1. The molecule has 0 spiro atoms. The number of hydrogen-bond donors (Lipinski definition) is 2. The van der Waals surface area contributed by atoms with E-state index in [0.717, 1.165) is 6.42 Å². The minimum Gasteiger partial charge on any atom is -0.391 e. The van der Waals surface area contributed by atoms with Crippen LogP contribution in [-0.4, -0.2) is 11.2 Å². The SMILES string of the molecule is CCC[C@@H](O)[C@@H](N)c1cc(Cl)cc(Cl)c1Cl. The van der Waals surface area contributed by atoms with Gasteiger partial charge in [-0.2, -0.15) is 0 Å². The smallest absolute Gasteiger partial charge is 0.0733 e. The predicted molar refractivity (Wildman–Crippen MR) is 69.3 cm³/mol. The van der Waals surface area contributed by atoms with Crippen LogP contribution in [0.3, 0.4) is 0 Å². The average Bonchev–Trinajstić information content (AvgIpc) is 2.22. The molecule has 5 heteroatoms. The summed E-state index contributed by atoms with van der Waals surface area (Å²) in [5.74, 6) is 0. The van der Waals surface area contributed by atoms with E-state index in [1.165, 1.54) is 0 Å². The molecule has 0 aliphatic carbocycles. The van der Waals surface area contributed by atoms with Crippen molar-refractivity contribution >= 4 is 34.8 Å². The largest absolute Gasteiger partial charge is 0.391 e. The number of aliphatic hydroxyl groups excluding tert-OH is 1. The van der Waals surface area contributed by atoms with Crippen LogP contribution in [0.5, 0.6) is 0 Å². The fourth-order valence-corrected chi connectivity index (χ4v) is 2.25. The van der Waals surface area contributed by atoms with Crippen LogP contribution in [0.4, 0.5) is 0 Å². The third-order valence-electron chi connectivity index (χ3n) is 2.38. The Kier molecular flexibility index (Phi) is 5.35. The number of hydrogen-bond acceptors (Lipinski definition) is 2. The maximum absolute atomic E-state index is 9.81. The highest BCUT2D eigenvalue weighted by Crippen LogP contribution is 2.34. The zero-order valence-electron chi connectivity index (χ0n) is 8.88. The van der Waals surface area contributed by atoms with Crippen molar-refractivity contribution < 1.29 is 5.11 Å². The highest BCUT2D eigenvalue weighted by molar-refractivity contribution is 6.43. The monoisotopic (exact) mass is 281 g/mol. The zero-order valence-corrected chi connectivity index (χ0v) is 11.1. The molecule has 0 heterocycles. The van der Waals surface area contributed by atoms with E-state index in [1.54, 1.807) is 12.1 Å². The minimum atomic E-state index is -0.642. The lowest BCUT2D eigenvalue weighted by Gasteiger charge is -2.20. The molecule has 0 aliphatic rings. The highest BCUT2D eigenvalue weighted by Gasteiger charge is 2.20. The Balaban J connectivity index is 3.03. The molecule has 0 amide bonds. The van der Waals surface area contributed by atoms with E-state index in [1.807, 2.05) is 6.92 Å². The van der Waals surface area contributed by atoms with Crippen LogP contribution in [-0.2, 0) is 0 Å². The third kappa shape index (κ3) is 3.25. The number of benzene rings is 1. The first-order valence-corrected chi connectivity index (χ1v) is 6.18. The molecule has 3 N–H and O–H groups in total. The summed E-state index contributed by atoms with van der Waals surface area (Å²) in [6.07, 6.45) is 0.819. The topological polar surface area (TPSA) is 46.2 Å². The van der Waals surface area contributed by atoms with Gasteiger partial charge >= 0.3 is 0 Å². The molecular weight excluding hydrogens is 268 g/mol. The first-order chi connectivity index (χ1) is 7.47. The van der Waals surface area contributed by atoms with Gasteiger partial charge in [0.15, 0.2) is 0 Å². The molecule has 1 aromatic rings. The maximum Gasteiger partial charge on any atom is 0.0733 e. The van der Waals surface area contributed by atoms with Gasteiger partial charge in [0.25, 0.3) is 0 Å². The van der Waals surface area contributed by atoms with E-state index in [-0.39, 0.29) is 0 Å². The molecule has 1 rings (SSSR count). The summed E-state index contributed by atoms with van der Waals surface area (Å²) in [4.78, 5) is 0. The summed E-state index contributed by atoms with van der Waals surface area (Å²) in [6.45, 7) is 1.97. The zero-order chi connectivity index (χ0) is 12.3. The molecule has 1 aromatic carbocycles. The van der Waals surface area contributed by atoms with Gasteiger partial charge in [0.1, 0.15) is 0 Å². The molecule has 0 unspecified atom stereocenters. The van der Waals surface area contributed by atoms with Crippen LogP contribution in [0.25, 0.3) is 0 Å². The van der Waals surface area contributed by atoms with Crippen LogP contribution in [0.1, 0.15) is 31.4 Å². The molecule has 90 valence electrons. The van der Waals surface area contributed by atoms with Gasteiger partial charge in [-0.15, -0.1) is 0 Å². The second-order valence-corrected chi connectivity index (χ2v) is 4.89. The van der Waals surface area contributed by atoms with Gasteiger partial charge in [-0.25, -0.2) is 0 Å². The number of nitrogens with two attached hydrogens (primary N) is 1. The molecule has 2 atom stereocenters. The molecular formula is C11H14Cl3NO. The molecule has 0 aliphatic heterocycles. The second kappa shape index (κ2) is 6.08. The Bertz CT molecular complexity index is 370. The lowest BCUT2D eigenvalue weighted by atomic mass is 9.99. The summed E-state index contributed by atoms with van der Waals surface area (Å²) in [6, 6.07) is 2.62. The van der Waals surface area contributed by atoms with E-state index >= 15 is 0 Å². The van der Waals surface area contributed by atoms with Gasteiger partial charge in [-0.05, 0) is 24.1 Å². The van der Waals surface area contributed by atoms with Crippen LogP contribution in [0.15, 0.2) is 12.1 Å². The minimum absolute atomic E-state index is 0.350. The fraction of sp³-hybridized carbons (Fsp3) is 0.455. The maximum atomic E-state index is 9.81. The van der Waals surface area contributed by atoms with Crippen LogP contribution in [0, 0.1) is 0 Å². The Labute approximate surface area is 110 Å². The Morgan fingerprint density at radius 2 is 1.94 bits per heavy atom. The van der Waals surface area contributed by atoms with Crippen LogP contribution >= 0.6 is 34.8 Å². The molecule has 2 nitrogen and oxygen atoms in total. The summed E-state index contributed by atoms with van der Waals surface area (Å²) >= 11 is 17.8. The first-order valence-electron chi connectivity index (χ1n) is 5.05. The van der Waals surface area contributed by atoms with Gasteiger partial charge < -0.3 is 10.8 Å². The molecule has 0 saturated heterocycles. The quantitative estimate of drug-likeness (QED) is 0.825. The van der Waals surface area contributed by atoms with E-state index in [0.29, 0.717) is 27.1 Å². The van der Waals surface area contributed by atoms with E-state index < -0.39 is 12.1 Å². The highest BCUT2D eigenvalue weighted by atomic mass is 35.5. The predicted octanol–water partition coefficient (Wildman–Crippen LogP) is 3.81. The molecule has 0 aromatic heterocycles. The normalized spacial score (nSPS) is 14.9. The summed E-state index contributed by atoms with van der Waals surface area (Å²) < 4.78 is 0. The average molecular weight is 283 g/mol. The van der Waals surface area contributed by atoms with Crippen molar-refractivity contribution in [2.24, 2.45) is 5.73 Å². The summed E-state index contributed by atoms with van der Waals surface area (Å²) in [7, 11) is 0. The van der Waals surface area contributed by atoms with Crippen LogP contribution < -0.4 is 5.73 Å². The van der Waals surface area contributed by atoms with Gasteiger partial charge in [0.05, 0.1) is 22.2 Å². The number of rotatable bonds is 4. The Morgan fingerprint density at radius 1 is 1.31 bits per heavy atom. The molecule has 0 fully saturated rings. The third-order valence-corrected chi connectivity index (χ3v) is 3.41. The molecule has 0 radical (unpaired) electrons. The Hall–Kier alpha value is 0.01000. The van der Waals surface area contributed by atoms with Crippen LogP contribution in [0.2, 0.25) is 15.1 Å². The van der Waals surface area contributed by atoms with Gasteiger partial charge in [-0.3, -0.25) is 0 Å². The van der Waals surface area contributed by atoms with Crippen molar-refractivity contribution in [2.75, 3.05) is 0 Å². The standard InChI is InChI=1S/C11H14Cl3NO/c1-2-3-9(16)11(15)7-4-6(12)5-8(13)10(7)14/h4-5,9,11,16H,2-3,15H2,1H3/t9-,11+/m1/s1. The lowest BCUT2D eigenvalue weighted by Crippen LogP contribution is -2.26. The lowest BCUT2D eigenvalue weighted by molar-refractivity contribution is 0.134. The van der Waals surface area contributed by atoms with Crippen molar-refractivity contribution in [1.82, 2.24) is 0 Å². The number of aliphatic hydroxyl groups is 1. The summed E-state index contributed by atoms with van der Waals surface area (Å²) in [5.41, 5.74) is 6.49. The van der Waals surface area contributed by atoms with E-state index in [9.17, 15) is 5.11 Å². The van der Waals surface area contributed by atoms with Gasteiger partial charge in [0.2, 0.25) is 0 Å². The van der Waals surface area contributed by atoms with E-state index in [2.05, 4.69) is 0 Å².